The van der Waals surface area contributed by atoms with Gasteiger partial charge in [0.2, 0.25) is 5.91 Å². The Morgan fingerprint density at radius 2 is 1.96 bits per heavy atom. The molecule has 0 unspecified atom stereocenters. The highest BCUT2D eigenvalue weighted by atomic mass is 32.1. The minimum absolute atomic E-state index is 0.0377. The second-order valence-electron chi connectivity index (χ2n) is 7.39. The van der Waals surface area contributed by atoms with Gasteiger partial charge in [-0.25, -0.2) is 4.98 Å². The van der Waals surface area contributed by atoms with Crippen LogP contribution in [0, 0.1) is 13.8 Å². The van der Waals surface area contributed by atoms with Gasteiger partial charge in [0.25, 0.3) is 0 Å². The van der Waals surface area contributed by atoms with Crippen LogP contribution >= 0.6 is 11.3 Å². The summed E-state index contributed by atoms with van der Waals surface area (Å²) in [5.41, 5.74) is 2.52. The molecule has 1 N–H and O–H groups in total. The monoisotopic (exact) mass is 389 g/mol. The van der Waals surface area contributed by atoms with Crippen molar-refractivity contribution in [1.82, 2.24) is 10.3 Å². The minimum atomic E-state index is -1.27. The van der Waals surface area contributed by atoms with E-state index in [1.54, 1.807) is 6.92 Å². The number of aromatic nitrogens is 1. The number of thiazole rings is 1. The molecule has 2 aromatic rings. The second kappa shape index (κ2) is 8.52. The maximum atomic E-state index is 12.0. The van der Waals surface area contributed by atoms with Gasteiger partial charge in [0.1, 0.15) is 17.4 Å². The van der Waals surface area contributed by atoms with Crippen molar-refractivity contribution in [2.24, 2.45) is 0 Å². The smallest absolute Gasteiger partial charge is 0.226 e. The van der Waals surface area contributed by atoms with E-state index in [4.69, 9.17) is 4.74 Å². The average molecular weight is 389 g/mol. The number of carbonyl (C=O) groups is 2. The first kappa shape index (κ1) is 20.9. The van der Waals surface area contributed by atoms with Crippen molar-refractivity contribution < 1.29 is 19.4 Å². The van der Waals surface area contributed by atoms with Crippen molar-refractivity contribution in [3.05, 3.63) is 44.9 Å². The fraction of sp³-hybridized carbons (Fsp3) is 0.450. The van der Waals surface area contributed by atoms with E-state index in [0.29, 0.717) is 23.9 Å². The quantitative estimate of drug-likeness (QED) is 0.733. The lowest BCUT2D eigenvalue weighted by molar-refractivity contribution is -0.254. The third-order valence-corrected chi connectivity index (χ3v) is 5.17. The number of hydrogen-bond acceptors (Lipinski definition) is 6. The first-order chi connectivity index (χ1) is 12.6. The molecule has 1 amide bonds. The maximum absolute atomic E-state index is 12.0. The Bertz CT molecular complexity index is 837. The molecule has 0 aliphatic rings. The van der Waals surface area contributed by atoms with Crippen LogP contribution in [0.4, 0.5) is 0 Å². The summed E-state index contributed by atoms with van der Waals surface area (Å²) >= 11 is 0.973. The maximum Gasteiger partial charge on any atom is 0.226 e. The molecule has 0 aliphatic heterocycles. The zero-order valence-corrected chi connectivity index (χ0v) is 17.2. The van der Waals surface area contributed by atoms with Gasteiger partial charge in [0.15, 0.2) is 0 Å². The molecular formula is C20H25N2O4S-. The molecule has 0 fully saturated rings. The second-order valence-corrected chi connectivity index (χ2v) is 8.47. The number of para-hydroxylation sites is 1. The summed E-state index contributed by atoms with van der Waals surface area (Å²) in [5, 5.41) is 14.2. The summed E-state index contributed by atoms with van der Waals surface area (Å²) in [7, 11) is 0. The zero-order valence-electron chi connectivity index (χ0n) is 16.3. The van der Waals surface area contributed by atoms with Gasteiger partial charge in [-0.3, -0.25) is 4.79 Å². The SMILES string of the molecule is Cc1cccc(C(C)(C)C)c1OCCNC(=O)Cc1nc(C)c(C(=O)[O-])s1. The molecule has 0 bridgehead atoms. The lowest BCUT2D eigenvalue weighted by Gasteiger charge is -2.24. The Kier molecular flexibility index (Phi) is 6.59. The van der Waals surface area contributed by atoms with Crippen LogP contribution in [0.15, 0.2) is 18.2 Å². The summed E-state index contributed by atoms with van der Waals surface area (Å²) in [6, 6.07) is 6.07. The van der Waals surface area contributed by atoms with E-state index in [-0.39, 0.29) is 22.6 Å². The van der Waals surface area contributed by atoms with E-state index in [9.17, 15) is 14.7 Å². The third-order valence-electron chi connectivity index (χ3n) is 4.03. The number of carboxylic acids is 1. The van der Waals surface area contributed by atoms with Crippen LogP contribution in [0.2, 0.25) is 0 Å². The number of rotatable bonds is 7. The molecule has 2 rings (SSSR count). The molecule has 0 aliphatic carbocycles. The predicted molar refractivity (Wildman–Crippen MR) is 103 cm³/mol. The van der Waals surface area contributed by atoms with Crippen molar-refractivity contribution in [2.75, 3.05) is 13.2 Å². The Morgan fingerprint density at radius 3 is 2.56 bits per heavy atom. The summed E-state index contributed by atoms with van der Waals surface area (Å²) in [6.07, 6.45) is 0.0381. The molecule has 0 atom stereocenters. The molecule has 1 aromatic heterocycles. The number of benzene rings is 1. The molecule has 1 heterocycles. The topological polar surface area (TPSA) is 91.3 Å². The lowest BCUT2D eigenvalue weighted by Crippen LogP contribution is -2.29. The number of nitrogens with one attached hydrogen (secondary N) is 1. The molecule has 1 aromatic carbocycles. The Labute approximate surface area is 163 Å². The highest BCUT2D eigenvalue weighted by Crippen LogP contribution is 2.33. The number of carboxylic acid groups (broad SMARTS) is 1. The van der Waals surface area contributed by atoms with E-state index < -0.39 is 5.97 Å². The first-order valence-corrected chi connectivity index (χ1v) is 9.58. The summed E-state index contributed by atoms with van der Waals surface area (Å²) in [4.78, 5) is 27.1. The molecule has 6 nitrogen and oxygen atoms in total. The third kappa shape index (κ3) is 5.53. The molecular weight excluding hydrogens is 364 g/mol. The van der Waals surface area contributed by atoms with Crippen molar-refractivity contribution in [3.8, 4) is 5.75 Å². The number of amides is 1. The van der Waals surface area contributed by atoms with Crippen LogP contribution in [0.3, 0.4) is 0 Å². The number of aryl methyl sites for hydroxylation is 2. The van der Waals surface area contributed by atoms with Crippen molar-refractivity contribution in [2.45, 2.75) is 46.5 Å². The first-order valence-electron chi connectivity index (χ1n) is 8.77. The summed E-state index contributed by atoms with van der Waals surface area (Å²) in [5.74, 6) is -0.635. The van der Waals surface area contributed by atoms with Crippen LogP contribution in [0.5, 0.6) is 5.75 Å². The molecule has 0 radical (unpaired) electrons. The van der Waals surface area contributed by atoms with Gasteiger partial charge in [-0.2, -0.15) is 0 Å². The summed E-state index contributed by atoms with van der Waals surface area (Å²) < 4.78 is 5.94. The van der Waals surface area contributed by atoms with Gasteiger partial charge in [0, 0.05) is 0 Å². The van der Waals surface area contributed by atoms with Gasteiger partial charge in [-0.05, 0) is 30.4 Å². The van der Waals surface area contributed by atoms with E-state index in [0.717, 1.165) is 28.2 Å². The number of nitrogens with zero attached hydrogens (tertiary/aromatic N) is 1. The van der Waals surface area contributed by atoms with E-state index >= 15 is 0 Å². The number of ether oxygens (including phenoxy) is 1. The minimum Gasteiger partial charge on any atom is -0.544 e. The molecule has 0 saturated heterocycles. The highest BCUT2D eigenvalue weighted by molar-refractivity contribution is 7.13. The standard InChI is InChI=1S/C20H26N2O4S/c1-12-7-6-8-14(20(3,4)5)17(12)26-10-9-21-15(23)11-16-22-13(2)18(27-16)19(24)25/h6-8H,9-11H2,1-5H3,(H,21,23)(H,24,25)/p-1. The van der Waals surface area contributed by atoms with Crippen LogP contribution in [-0.4, -0.2) is 30.0 Å². The van der Waals surface area contributed by atoms with Crippen molar-refractivity contribution in [3.63, 3.8) is 0 Å². The fourth-order valence-corrected chi connectivity index (χ4v) is 3.59. The van der Waals surface area contributed by atoms with E-state index in [1.165, 1.54) is 0 Å². The van der Waals surface area contributed by atoms with Crippen LogP contribution in [0.1, 0.15) is 52.3 Å². The van der Waals surface area contributed by atoms with Crippen molar-refractivity contribution >= 4 is 23.2 Å². The Morgan fingerprint density at radius 1 is 1.26 bits per heavy atom. The Hall–Kier alpha value is -2.41. The van der Waals surface area contributed by atoms with Crippen LogP contribution in [0.25, 0.3) is 0 Å². The summed E-state index contributed by atoms with van der Waals surface area (Å²) in [6.45, 7) is 10.7. The zero-order chi connectivity index (χ0) is 20.2. The van der Waals surface area contributed by atoms with Crippen LogP contribution < -0.4 is 15.2 Å². The van der Waals surface area contributed by atoms with Crippen molar-refractivity contribution in [1.29, 1.82) is 0 Å². The van der Waals surface area contributed by atoms with Gasteiger partial charge < -0.3 is 20.0 Å². The number of aromatic carboxylic acids is 1. The normalized spacial score (nSPS) is 11.3. The fourth-order valence-electron chi connectivity index (χ4n) is 2.70. The molecule has 7 heteroatoms. The Balaban J connectivity index is 1.88. The lowest BCUT2D eigenvalue weighted by atomic mass is 9.85. The molecule has 146 valence electrons. The van der Waals surface area contributed by atoms with E-state index in [2.05, 4.69) is 37.1 Å². The van der Waals surface area contributed by atoms with Gasteiger partial charge >= 0.3 is 0 Å². The van der Waals surface area contributed by atoms with E-state index in [1.807, 2.05) is 19.1 Å². The average Bonchev–Trinajstić information content (AvgIpc) is 2.92. The number of hydrogen-bond donors (Lipinski definition) is 1. The van der Waals surface area contributed by atoms with Gasteiger partial charge in [-0.15, -0.1) is 11.3 Å². The highest BCUT2D eigenvalue weighted by Gasteiger charge is 2.20. The molecule has 0 spiro atoms. The van der Waals surface area contributed by atoms with Gasteiger partial charge in [-0.1, -0.05) is 39.0 Å². The molecule has 27 heavy (non-hydrogen) atoms. The predicted octanol–water partition coefficient (Wildman–Crippen LogP) is 2.16. The largest absolute Gasteiger partial charge is 0.544 e. The molecule has 0 saturated carbocycles. The number of carbonyl (C=O) groups excluding carboxylic acids is 2. The van der Waals surface area contributed by atoms with Gasteiger partial charge in [0.05, 0.1) is 29.5 Å². The van der Waals surface area contributed by atoms with Crippen LogP contribution in [-0.2, 0) is 16.6 Å².